The Labute approximate surface area is 140 Å². The Morgan fingerprint density at radius 3 is 2.12 bits per heavy atom. The van der Waals surface area contributed by atoms with E-state index in [2.05, 4.69) is 5.32 Å². The van der Waals surface area contributed by atoms with E-state index in [1.54, 1.807) is 45.0 Å². The van der Waals surface area contributed by atoms with Gasteiger partial charge in [-0.05, 0) is 17.4 Å². The van der Waals surface area contributed by atoms with Crippen molar-refractivity contribution >= 4 is 18.0 Å². The molecule has 1 rings (SSSR count). The predicted octanol–water partition coefficient (Wildman–Crippen LogP) is 2.50. The number of alkyl carbamates (subject to hydrolysis) is 1. The molecule has 0 spiro atoms. The van der Waals surface area contributed by atoms with Crippen molar-refractivity contribution in [1.82, 2.24) is 5.32 Å². The van der Waals surface area contributed by atoms with E-state index in [9.17, 15) is 24.6 Å². The molecule has 0 bridgehead atoms. The van der Waals surface area contributed by atoms with Crippen molar-refractivity contribution in [2.75, 3.05) is 0 Å². The van der Waals surface area contributed by atoms with E-state index in [-0.39, 0.29) is 13.0 Å². The molecule has 2 atom stereocenters. The Kier molecular flexibility index (Phi) is 6.76. The molecule has 1 aromatic rings. The zero-order valence-electron chi connectivity index (χ0n) is 14.0. The Morgan fingerprint density at radius 1 is 1.08 bits per heavy atom. The van der Waals surface area contributed by atoms with Crippen molar-refractivity contribution in [3.63, 3.8) is 0 Å². The second-order valence-electron chi connectivity index (χ2n) is 6.59. The van der Waals surface area contributed by atoms with Crippen LogP contribution in [0.3, 0.4) is 0 Å². The van der Waals surface area contributed by atoms with Gasteiger partial charge in [0.15, 0.2) is 0 Å². The highest BCUT2D eigenvalue weighted by atomic mass is 16.5. The van der Waals surface area contributed by atoms with Crippen molar-refractivity contribution in [1.29, 1.82) is 0 Å². The zero-order valence-corrected chi connectivity index (χ0v) is 14.0. The highest BCUT2D eigenvalue weighted by Crippen LogP contribution is 2.30. The largest absolute Gasteiger partial charge is 0.481 e. The van der Waals surface area contributed by atoms with Crippen LogP contribution >= 0.6 is 0 Å². The second kappa shape index (κ2) is 8.33. The topological polar surface area (TPSA) is 113 Å². The average molecular weight is 337 g/mol. The third kappa shape index (κ3) is 6.28. The Balaban J connectivity index is 2.66. The lowest BCUT2D eigenvalue weighted by molar-refractivity contribution is -0.147. The molecule has 0 aliphatic carbocycles. The highest BCUT2D eigenvalue weighted by molar-refractivity contribution is 5.81. The van der Waals surface area contributed by atoms with Crippen LogP contribution < -0.4 is 5.32 Å². The average Bonchev–Trinajstić information content (AvgIpc) is 2.48. The fraction of sp³-hybridized carbons (Fsp3) is 0.471. The minimum Gasteiger partial charge on any atom is -0.481 e. The lowest BCUT2D eigenvalue weighted by Crippen LogP contribution is -2.45. The monoisotopic (exact) mass is 337 g/mol. The molecule has 1 unspecified atom stereocenters. The SMILES string of the molecule is CC(C)(C)C(C[C@H](NC(=O)OCc1ccccc1)C(=O)O)C(=O)O. The van der Waals surface area contributed by atoms with Crippen LogP contribution in [0.1, 0.15) is 32.8 Å². The second-order valence-corrected chi connectivity index (χ2v) is 6.59. The molecule has 7 nitrogen and oxygen atoms in total. The number of ether oxygens (including phenoxy) is 1. The van der Waals surface area contributed by atoms with E-state index in [1.807, 2.05) is 6.07 Å². The van der Waals surface area contributed by atoms with E-state index < -0.39 is 35.4 Å². The standard InChI is InChI=1S/C17H23NO6/c1-17(2,3)12(14(19)20)9-13(15(21)22)18-16(23)24-10-11-7-5-4-6-8-11/h4-8,12-13H,9-10H2,1-3H3,(H,18,23)(H,19,20)(H,21,22)/t12?,13-/m0/s1. The van der Waals surface area contributed by atoms with E-state index in [1.165, 1.54) is 0 Å². The molecule has 1 aromatic carbocycles. The number of carboxylic acids is 2. The number of hydrogen-bond donors (Lipinski definition) is 3. The lowest BCUT2D eigenvalue weighted by atomic mass is 9.77. The summed E-state index contributed by atoms with van der Waals surface area (Å²) in [5.41, 5.74) is 0.118. The van der Waals surface area contributed by atoms with Crippen LogP contribution in [0, 0.1) is 11.3 Å². The van der Waals surface area contributed by atoms with Crippen molar-refractivity contribution in [2.45, 2.75) is 39.8 Å². The first kappa shape index (κ1) is 19.5. The van der Waals surface area contributed by atoms with Gasteiger partial charge in [0.2, 0.25) is 0 Å². The van der Waals surface area contributed by atoms with Crippen molar-refractivity contribution in [3.8, 4) is 0 Å². The molecule has 7 heteroatoms. The van der Waals surface area contributed by atoms with Gasteiger partial charge in [0.1, 0.15) is 12.6 Å². The fourth-order valence-electron chi connectivity index (χ4n) is 2.19. The van der Waals surface area contributed by atoms with Crippen LogP contribution in [0.2, 0.25) is 0 Å². The number of carbonyl (C=O) groups is 3. The summed E-state index contributed by atoms with van der Waals surface area (Å²) in [6, 6.07) is 7.59. The van der Waals surface area contributed by atoms with Gasteiger partial charge in [0, 0.05) is 0 Å². The van der Waals surface area contributed by atoms with E-state index in [0.29, 0.717) is 0 Å². The molecular weight excluding hydrogens is 314 g/mol. The Morgan fingerprint density at radius 2 is 1.67 bits per heavy atom. The van der Waals surface area contributed by atoms with Gasteiger partial charge in [-0.3, -0.25) is 4.79 Å². The fourth-order valence-corrected chi connectivity index (χ4v) is 2.19. The number of nitrogens with one attached hydrogen (secondary N) is 1. The molecule has 0 saturated carbocycles. The van der Waals surface area contributed by atoms with Crippen LogP contribution in [0.15, 0.2) is 30.3 Å². The molecule has 3 N–H and O–H groups in total. The quantitative estimate of drug-likeness (QED) is 0.704. The van der Waals surface area contributed by atoms with E-state index >= 15 is 0 Å². The molecule has 0 aliphatic rings. The number of amides is 1. The minimum atomic E-state index is -1.34. The molecule has 0 aliphatic heterocycles. The van der Waals surface area contributed by atoms with E-state index in [0.717, 1.165) is 5.56 Å². The molecule has 0 fully saturated rings. The van der Waals surface area contributed by atoms with Crippen LogP contribution in [0.4, 0.5) is 4.79 Å². The molecule has 1 amide bonds. The maximum absolute atomic E-state index is 11.8. The maximum Gasteiger partial charge on any atom is 0.408 e. The summed E-state index contributed by atoms with van der Waals surface area (Å²) >= 11 is 0. The molecular formula is C17H23NO6. The summed E-state index contributed by atoms with van der Waals surface area (Å²) in [6.45, 7) is 5.12. The predicted molar refractivity (Wildman–Crippen MR) is 86.4 cm³/mol. The number of rotatable bonds is 7. The summed E-state index contributed by atoms with van der Waals surface area (Å²) in [5.74, 6) is -3.33. The van der Waals surface area contributed by atoms with Crippen molar-refractivity contribution in [3.05, 3.63) is 35.9 Å². The van der Waals surface area contributed by atoms with Gasteiger partial charge in [0.25, 0.3) is 0 Å². The molecule has 24 heavy (non-hydrogen) atoms. The first-order valence-corrected chi connectivity index (χ1v) is 7.54. The minimum absolute atomic E-state index is 0.000637. The van der Waals surface area contributed by atoms with Crippen LogP contribution in [-0.2, 0) is 20.9 Å². The number of hydrogen-bond acceptors (Lipinski definition) is 4. The van der Waals surface area contributed by atoms with Gasteiger partial charge in [0.05, 0.1) is 5.92 Å². The molecule has 0 aromatic heterocycles. The Hall–Kier alpha value is -2.57. The van der Waals surface area contributed by atoms with Crippen LogP contribution in [-0.4, -0.2) is 34.3 Å². The highest BCUT2D eigenvalue weighted by Gasteiger charge is 2.36. The first-order valence-electron chi connectivity index (χ1n) is 7.54. The van der Waals surface area contributed by atoms with Gasteiger partial charge in [-0.25, -0.2) is 9.59 Å². The maximum atomic E-state index is 11.8. The zero-order chi connectivity index (χ0) is 18.3. The number of benzene rings is 1. The van der Waals surface area contributed by atoms with Gasteiger partial charge < -0.3 is 20.3 Å². The number of carboxylic acid groups (broad SMARTS) is 2. The summed E-state index contributed by atoms with van der Waals surface area (Å²) in [5, 5.41) is 20.7. The van der Waals surface area contributed by atoms with Gasteiger partial charge >= 0.3 is 18.0 Å². The van der Waals surface area contributed by atoms with Gasteiger partial charge in [-0.15, -0.1) is 0 Å². The summed E-state index contributed by atoms with van der Waals surface area (Å²) in [4.78, 5) is 34.5. The first-order chi connectivity index (χ1) is 11.1. The van der Waals surface area contributed by atoms with E-state index in [4.69, 9.17) is 4.74 Å². The number of carbonyl (C=O) groups excluding carboxylic acids is 1. The summed E-state index contributed by atoms with van der Waals surface area (Å²) in [7, 11) is 0. The van der Waals surface area contributed by atoms with Gasteiger partial charge in [-0.2, -0.15) is 0 Å². The molecule has 132 valence electrons. The normalized spacial score (nSPS) is 13.6. The lowest BCUT2D eigenvalue weighted by Gasteiger charge is -2.29. The van der Waals surface area contributed by atoms with Crippen molar-refractivity contribution in [2.24, 2.45) is 11.3 Å². The smallest absolute Gasteiger partial charge is 0.408 e. The molecule has 0 saturated heterocycles. The third-order valence-corrected chi connectivity index (χ3v) is 3.62. The Bertz CT molecular complexity index is 578. The van der Waals surface area contributed by atoms with Gasteiger partial charge in [-0.1, -0.05) is 51.1 Å². The van der Waals surface area contributed by atoms with Crippen LogP contribution in [0.25, 0.3) is 0 Å². The third-order valence-electron chi connectivity index (χ3n) is 3.62. The molecule has 0 heterocycles. The van der Waals surface area contributed by atoms with Crippen LogP contribution in [0.5, 0.6) is 0 Å². The van der Waals surface area contributed by atoms with Crippen molar-refractivity contribution < 1.29 is 29.3 Å². The number of aliphatic carboxylic acids is 2. The summed E-state index contributed by atoms with van der Waals surface area (Å²) in [6.07, 6.45) is -1.13. The summed E-state index contributed by atoms with van der Waals surface area (Å²) < 4.78 is 4.98. The molecule has 0 radical (unpaired) electrons.